The second kappa shape index (κ2) is 4.70. The van der Waals surface area contributed by atoms with Crippen molar-refractivity contribution in [1.29, 1.82) is 0 Å². The summed E-state index contributed by atoms with van der Waals surface area (Å²) < 4.78 is 32.8. The van der Waals surface area contributed by atoms with Gasteiger partial charge in [0.25, 0.3) is 0 Å². The lowest BCUT2D eigenvalue weighted by molar-refractivity contribution is 0.0222. The fraction of sp³-hybridized carbons (Fsp3) is 0.538. The summed E-state index contributed by atoms with van der Waals surface area (Å²) >= 11 is 0. The average Bonchev–Trinajstić information content (AvgIpc) is 2.40. The van der Waals surface area contributed by atoms with Gasteiger partial charge in [0.2, 0.25) is 0 Å². The third-order valence-electron chi connectivity index (χ3n) is 2.93. The minimum atomic E-state index is -0.557. The fourth-order valence-corrected chi connectivity index (χ4v) is 1.98. The van der Waals surface area contributed by atoms with Crippen LogP contribution in [0, 0.1) is 17.0 Å². The van der Waals surface area contributed by atoms with Gasteiger partial charge in [-0.25, -0.2) is 8.78 Å². The Morgan fingerprint density at radius 3 is 2.59 bits per heavy atom. The van der Waals surface area contributed by atoms with Crippen LogP contribution in [0.2, 0.25) is 0 Å². The van der Waals surface area contributed by atoms with Crippen LogP contribution in [0.3, 0.4) is 0 Å². The molecule has 1 atom stereocenters. The smallest absolute Gasteiger partial charge is 0.132 e. The lowest BCUT2D eigenvalue weighted by atomic mass is 9.95. The van der Waals surface area contributed by atoms with E-state index < -0.39 is 17.7 Å². The first-order valence-corrected chi connectivity index (χ1v) is 5.76. The first-order valence-electron chi connectivity index (χ1n) is 5.76. The highest BCUT2D eigenvalue weighted by Crippen LogP contribution is 2.28. The van der Waals surface area contributed by atoms with Crippen LogP contribution in [-0.2, 0) is 4.74 Å². The van der Waals surface area contributed by atoms with Crippen LogP contribution in [0.5, 0.6) is 0 Å². The van der Waals surface area contributed by atoms with Gasteiger partial charge in [-0.1, -0.05) is 19.9 Å². The highest BCUT2D eigenvalue weighted by Gasteiger charge is 2.28. The van der Waals surface area contributed by atoms with Gasteiger partial charge in [0.05, 0.1) is 12.2 Å². The molecule has 0 radical (unpaired) electrons. The molecule has 1 aliphatic rings. The first kappa shape index (κ1) is 12.5. The van der Waals surface area contributed by atoms with Crippen LogP contribution in [-0.4, -0.2) is 19.7 Å². The SMILES string of the molecule is CC1(C)CNCC(c2c(F)cccc2F)OC1. The molecule has 94 valence electrons. The molecule has 2 rings (SSSR count). The Labute approximate surface area is 100.0 Å². The zero-order valence-corrected chi connectivity index (χ0v) is 10.1. The predicted molar refractivity (Wildman–Crippen MR) is 61.7 cm³/mol. The topological polar surface area (TPSA) is 21.3 Å². The van der Waals surface area contributed by atoms with Gasteiger partial charge in [0, 0.05) is 18.5 Å². The molecule has 1 aliphatic heterocycles. The summed E-state index contributed by atoms with van der Waals surface area (Å²) in [6.07, 6.45) is -0.557. The Bertz CT molecular complexity index is 386. The second-order valence-corrected chi connectivity index (χ2v) is 5.23. The van der Waals surface area contributed by atoms with Crippen molar-refractivity contribution >= 4 is 0 Å². The minimum Gasteiger partial charge on any atom is -0.371 e. The summed E-state index contributed by atoms with van der Waals surface area (Å²) in [5.74, 6) is -1.09. The number of hydrogen-bond acceptors (Lipinski definition) is 2. The normalized spacial score (nSPS) is 24.4. The number of nitrogens with one attached hydrogen (secondary N) is 1. The van der Waals surface area contributed by atoms with E-state index >= 15 is 0 Å². The number of hydrogen-bond donors (Lipinski definition) is 1. The van der Waals surface area contributed by atoms with Crippen molar-refractivity contribution in [2.24, 2.45) is 5.41 Å². The van der Waals surface area contributed by atoms with Gasteiger partial charge in [-0.2, -0.15) is 0 Å². The van der Waals surface area contributed by atoms with E-state index in [0.717, 1.165) is 6.54 Å². The van der Waals surface area contributed by atoms with E-state index in [1.54, 1.807) is 0 Å². The zero-order chi connectivity index (χ0) is 12.5. The maximum absolute atomic E-state index is 13.6. The average molecular weight is 241 g/mol. The number of ether oxygens (including phenoxy) is 1. The van der Waals surface area contributed by atoms with Crippen LogP contribution >= 0.6 is 0 Å². The molecule has 1 saturated heterocycles. The molecule has 1 heterocycles. The molecule has 0 spiro atoms. The van der Waals surface area contributed by atoms with E-state index in [9.17, 15) is 8.78 Å². The molecule has 1 N–H and O–H groups in total. The van der Waals surface area contributed by atoms with E-state index in [4.69, 9.17) is 4.74 Å². The van der Waals surface area contributed by atoms with Crippen molar-refractivity contribution in [2.75, 3.05) is 19.7 Å². The van der Waals surface area contributed by atoms with Gasteiger partial charge in [0.1, 0.15) is 17.7 Å². The van der Waals surface area contributed by atoms with Crippen LogP contribution in [0.15, 0.2) is 18.2 Å². The lowest BCUT2D eigenvalue weighted by Gasteiger charge is -2.22. The molecule has 17 heavy (non-hydrogen) atoms. The number of halogens is 2. The van der Waals surface area contributed by atoms with Gasteiger partial charge < -0.3 is 10.1 Å². The largest absolute Gasteiger partial charge is 0.371 e. The molecule has 1 aromatic rings. The predicted octanol–water partition coefficient (Wildman–Crippen LogP) is 2.65. The third kappa shape index (κ3) is 2.82. The van der Waals surface area contributed by atoms with Crippen LogP contribution in [0.1, 0.15) is 25.5 Å². The van der Waals surface area contributed by atoms with Crippen LogP contribution in [0.4, 0.5) is 8.78 Å². The Morgan fingerprint density at radius 2 is 1.94 bits per heavy atom. The molecule has 4 heteroatoms. The molecule has 2 nitrogen and oxygen atoms in total. The monoisotopic (exact) mass is 241 g/mol. The summed E-state index contributed by atoms with van der Waals surface area (Å²) in [7, 11) is 0. The standard InChI is InChI=1S/C13H17F2NO/c1-13(2)7-16-6-11(17-8-13)12-9(14)4-3-5-10(12)15/h3-5,11,16H,6-8H2,1-2H3. The molecular formula is C13H17F2NO. The van der Waals surface area contributed by atoms with Gasteiger partial charge in [0.15, 0.2) is 0 Å². The molecule has 0 aliphatic carbocycles. The van der Waals surface area contributed by atoms with E-state index in [2.05, 4.69) is 19.2 Å². The first-order chi connectivity index (χ1) is 7.99. The highest BCUT2D eigenvalue weighted by molar-refractivity contribution is 5.22. The van der Waals surface area contributed by atoms with Gasteiger partial charge >= 0.3 is 0 Å². The van der Waals surface area contributed by atoms with E-state index in [0.29, 0.717) is 13.2 Å². The minimum absolute atomic E-state index is 0.0174. The summed E-state index contributed by atoms with van der Waals surface area (Å²) in [5, 5.41) is 3.18. The van der Waals surface area contributed by atoms with Gasteiger partial charge in [-0.3, -0.25) is 0 Å². The molecule has 0 amide bonds. The van der Waals surface area contributed by atoms with Crippen molar-refractivity contribution in [3.05, 3.63) is 35.4 Å². The van der Waals surface area contributed by atoms with E-state index in [-0.39, 0.29) is 11.0 Å². The van der Waals surface area contributed by atoms with Crippen molar-refractivity contribution in [1.82, 2.24) is 5.32 Å². The fourth-order valence-electron chi connectivity index (χ4n) is 1.98. The zero-order valence-electron chi connectivity index (χ0n) is 10.1. The van der Waals surface area contributed by atoms with Crippen molar-refractivity contribution in [2.45, 2.75) is 20.0 Å². The maximum Gasteiger partial charge on any atom is 0.132 e. The Morgan fingerprint density at radius 1 is 1.29 bits per heavy atom. The Balaban J connectivity index is 2.23. The Hall–Kier alpha value is -1.00. The quantitative estimate of drug-likeness (QED) is 0.816. The maximum atomic E-state index is 13.6. The van der Waals surface area contributed by atoms with Gasteiger partial charge in [-0.15, -0.1) is 0 Å². The van der Waals surface area contributed by atoms with Crippen molar-refractivity contribution in [3.63, 3.8) is 0 Å². The van der Waals surface area contributed by atoms with Crippen molar-refractivity contribution < 1.29 is 13.5 Å². The number of benzene rings is 1. The summed E-state index contributed by atoms with van der Waals surface area (Å²) in [6.45, 7) is 5.81. The molecule has 0 saturated carbocycles. The van der Waals surface area contributed by atoms with Crippen LogP contribution < -0.4 is 5.32 Å². The van der Waals surface area contributed by atoms with Crippen LogP contribution in [0.25, 0.3) is 0 Å². The Kier molecular flexibility index (Phi) is 3.45. The summed E-state index contributed by atoms with van der Waals surface area (Å²) in [4.78, 5) is 0. The molecule has 1 aromatic carbocycles. The molecule has 0 aromatic heterocycles. The van der Waals surface area contributed by atoms with E-state index in [1.807, 2.05) is 0 Å². The van der Waals surface area contributed by atoms with Gasteiger partial charge in [-0.05, 0) is 12.1 Å². The van der Waals surface area contributed by atoms with E-state index in [1.165, 1.54) is 18.2 Å². The molecule has 0 bridgehead atoms. The number of rotatable bonds is 1. The lowest BCUT2D eigenvalue weighted by Crippen LogP contribution is -2.29. The van der Waals surface area contributed by atoms with Crippen molar-refractivity contribution in [3.8, 4) is 0 Å². The molecule has 1 fully saturated rings. The third-order valence-corrected chi connectivity index (χ3v) is 2.93. The summed E-state index contributed by atoms with van der Waals surface area (Å²) in [6, 6.07) is 3.89. The second-order valence-electron chi connectivity index (χ2n) is 5.23. The summed E-state index contributed by atoms with van der Waals surface area (Å²) in [5.41, 5.74) is 0.00827. The molecular weight excluding hydrogens is 224 g/mol. The molecule has 1 unspecified atom stereocenters. The highest BCUT2D eigenvalue weighted by atomic mass is 19.1.